The van der Waals surface area contributed by atoms with Gasteiger partial charge in [-0.25, -0.2) is 9.78 Å². The van der Waals surface area contributed by atoms with Crippen LogP contribution in [0.1, 0.15) is 13.3 Å². The first-order valence-electron chi connectivity index (χ1n) is 6.88. The monoisotopic (exact) mass is 298 g/mol. The zero-order valence-corrected chi connectivity index (χ0v) is 12.8. The molecule has 0 bridgehead atoms. The molecule has 0 aliphatic rings. The molecule has 1 atom stereocenters. The van der Waals surface area contributed by atoms with E-state index in [2.05, 4.69) is 21.5 Å². The number of hydrogen-bond acceptors (Lipinski definition) is 4. The summed E-state index contributed by atoms with van der Waals surface area (Å²) in [7, 11) is 3.48. The van der Waals surface area contributed by atoms with Crippen LogP contribution in [0, 0.1) is 11.3 Å². The van der Waals surface area contributed by atoms with Crippen molar-refractivity contribution < 1.29 is 4.79 Å². The number of hydrogen-bond donors (Lipinski definition) is 1. The number of carbonyl (C=O) groups excluding carboxylic acids is 1. The Bertz CT molecular complexity index is 685. The Labute approximate surface area is 129 Å². The predicted molar refractivity (Wildman–Crippen MR) is 82.9 cm³/mol. The number of anilines is 1. The van der Waals surface area contributed by atoms with Gasteiger partial charge < -0.3 is 10.2 Å². The number of nitrogens with one attached hydrogen (secondary N) is 1. The Kier molecular flexibility index (Phi) is 4.73. The van der Waals surface area contributed by atoms with E-state index in [4.69, 9.17) is 5.26 Å². The van der Waals surface area contributed by atoms with Crippen LogP contribution in [0.15, 0.2) is 30.6 Å². The summed E-state index contributed by atoms with van der Waals surface area (Å²) in [4.78, 5) is 17.7. The number of nitriles is 1. The van der Waals surface area contributed by atoms with E-state index in [1.807, 2.05) is 26.1 Å². The molecule has 0 saturated carbocycles. The van der Waals surface area contributed by atoms with E-state index in [1.54, 1.807) is 30.2 Å². The average Bonchev–Trinajstić information content (AvgIpc) is 2.94. The molecule has 1 aromatic carbocycles. The van der Waals surface area contributed by atoms with Crippen LogP contribution in [0.2, 0.25) is 0 Å². The number of aromatic nitrogens is 3. The van der Waals surface area contributed by atoms with Crippen molar-refractivity contribution >= 4 is 11.7 Å². The molecule has 0 aliphatic heterocycles. The third-order valence-corrected chi connectivity index (χ3v) is 3.36. The molecule has 1 heterocycles. The highest BCUT2D eigenvalue weighted by Crippen LogP contribution is 2.18. The molecular weight excluding hydrogens is 280 g/mol. The smallest absolute Gasteiger partial charge is 0.321 e. The van der Waals surface area contributed by atoms with E-state index in [1.165, 1.54) is 4.90 Å². The molecule has 0 spiro atoms. The largest absolute Gasteiger partial charge is 0.324 e. The maximum atomic E-state index is 12.1. The molecule has 0 radical (unpaired) electrons. The van der Waals surface area contributed by atoms with E-state index < -0.39 is 0 Å². The minimum atomic E-state index is -0.244. The lowest BCUT2D eigenvalue weighted by Crippen LogP contribution is -2.38. The normalized spacial score (nSPS) is 11.5. The molecule has 0 saturated heterocycles. The minimum Gasteiger partial charge on any atom is -0.324 e. The van der Waals surface area contributed by atoms with E-state index in [9.17, 15) is 4.79 Å². The van der Waals surface area contributed by atoms with Crippen molar-refractivity contribution in [2.45, 2.75) is 19.4 Å². The number of benzene rings is 1. The van der Waals surface area contributed by atoms with Crippen LogP contribution < -0.4 is 5.32 Å². The topological polar surface area (TPSA) is 86.8 Å². The summed E-state index contributed by atoms with van der Waals surface area (Å²) in [5.41, 5.74) is 1.56. The Balaban J connectivity index is 2.02. The first-order chi connectivity index (χ1) is 10.5. The quantitative estimate of drug-likeness (QED) is 0.937. The zero-order valence-electron chi connectivity index (χ0n) is 12.8. The molecule has 114 valence electrons. The van der Waals surface area contributed by atoms with Gasteiger partial charge >= 0.3 is 6.03 Å². The number of nitrogens with zero attached hydrogens (tertiary/aromatic N) is 5. The lowest BCUT2D eigenvalue weighted by Gasteiger charge is -2.23. The summed E-state index contributed by atoms with van der Waals surface area (Å²) < 4.78 is 1.64. The van der Waals surface area contributed by atoms with Gasteiger partial charge in [0.2, 0.25) is 0 Å². The van der Waals surface area contributed by atoms with Crippen molar-refractivity contribution in [3.05, 3.63) is 30.6 Å². The van der Waals surface area contributed by atoms with Gasteiger partial charge in [0.15, 0.2) is 5.82 Å². The minimum absolute atomic E-state index is 0.137. The van der Waals surface area contributed by atoms with Crippen LogP contribution in [0.4, 0.5) is 10.5 Å². The molecule has 0 fully saturated rings. The summed E-state index contributed by atoms with van der Waals surface area (Å²) in [6.45, 7) is 1.83. The molecule has 2 amide bonds. The first-order valence-corrected chi connectivity index (χ1v) is 6.88. The van der Waals surface area contributed by atoms with E-state index in [-0.39, 0.29) is 12.1 Å². The molecule has 22 heavy (non-hydrogen) atoms. The number of urea groups is 1. The van der Waals surface area contributed by atoms with Crippen molar-refractivity contribution in [2.24, 2.45) is 7.05 Å². The Hall–Kier alpha value is -2.88. The van der Waals surface area contributed by atoms with Gasteiger partial charge in [0, 0.05) is 31.4 Å². The van der Waals surface area contributed by atoms with Crippen LogP contribution >= 0.6 is 0 Å². The van der Waals surface area contributed by atoms with Gasteiger partial charge in [0.1, 0.15) is 6.33 Å². The number of rotatable bonds is 4. The fourth-order valence-electron chi connectivity index (χ4n) is 1.86. The van der Waals surface area contributed by atoms with Crippen LogP contribution in [-0.2, 0) is 7.05 Å². The molecule has 1 aromatic heterocycles. The molecule has 1 unspecified atom stereocenters. The fraction of sp³-hybridized carbons (Fsp3) is 0.333. The molecule has 0 aliphatic carbocycles. The second kappa shape index (κ2) is 6.72. The Morgan fingerprint density at radius 2 is 2.14 bits per heavy atom. The SMILES string of the molecule is CC(CC#N)N(C)C(=O)Nc1ccc(-c2ncn(C)n2)cc1. The molecule has 7 heteroatoms. The second-order valence-corrected chi connectivity index (χ2v) is 5.07. The maximum Gasteiger partial charge on any atom is 0.321 e. The van der Waals surface area contributed by atoms with Crippen molar-refractivity contribution in [2.75, 3.05) is 12.4 Å². The summed E-state index contributed by atoms with van der Waals surface area (Å²) in [5, 5.41) is 15.7. The number of aryl methyl sites for hydroxylation is 1. The number of amides is 2. The summed E-state index contributed by atoms with van der Waals surface area (Å²) in [6, 6.07) is 8.97. The van der Waals surface area contributed by atoms with E-state index in [0.29, 0.717) is 17.9 Å². The maximum absolute atomic E-state index is 12.1. The highest BCUT2D eigenvalue weighted by molar-refractivity contribution is 5.89. The van der Waals surface area contributed by atoms with Gasteiger partial charge in [0.25, 0.3) is 0 Å². The molecule has 7 nitrogen and oxygen atoms in total. The van der Waals surface area contributed by atoms with Gasteiger partial charge in [-0.3, -0.25) is 4.68 Å². The molecule has 2 aromatic rings. The molecule has 2 rings (SSSR count). The van der Waals surface area contributed by atoms with Crippen LogP contribution in [-0.4, -0.2) is 38.8 Å². The van der Waals surface area contributed by atoms with Crippen LogP contribution in [0.5, 0.6) is 0 Å². The first kappa shape index (κ1) is 15.5. The lowest BCUT2D eigenvalue weighted by molar-refractivity contribution is 0.208. The fourth-order valence-corrected chi connectivity index (χ4v) is 1.86. The standard InChI is InChI=1S/C15H18N6O/c1-11(8-9-16)21(3)15(22)18-13-6-4-12(5-7-13)14-17-10-20(2)19-14/h4-7,10-11H,8H2,1-3H3,(H,18,22). The molecular formula is C15H18N6O. The van der Waals surface area contributed by atoms with E-state index in [0.717, 1.165) is 5.56 Å². The van der Waals surface area contributed by atoms with Crippen molar-refractivity contribution in [3.8, 4) is 17.5 Å². The van der Waals surface area contributed by atoms with Crippen molar-refractivity contribution in [1.29, 1.82) is 5.26 Å². The third kappa shape index (κ3) is 3.61. The van der Waals surface area contributed by atoms with Gasteiger partial charge in [-0.15, -0.1) is 0 Å². The Morgan fingerprint density at radius 3 is 2.68 bits per heavy atom. The lowest BCUT2D eigenvalue weighted by atomic mass is 10.2. The summed E-state index contributed by atoms with van der Waals surface area (Å²) in [6.07, 6.45) is 1.94. The average molecular weight is 298 g/mol. The molecule has 1 N–H and O–H groups in total. The Morgan fingerprint density at radius 1 is 1.45 bits per heavy atom. The number of carbonyl (C=O) groups is 1. The van der Waals surface area contributed by atoms with Crippen molar-refractivity contribution in [3.63, 3.8) is 0 Å². The second-order valence-electron chi connectivity index (χ2n) is 5.07. The predicted octanol–water partition coefficient (Wildman–Crippen LogP) is 2.25. The third-order valence-electron chi connectivity index (χ3n) is 3.36. The van der Waals surface area contributed by atoms with Gasteiger partial charge in [-0.1, -0.05) is 0 Å². The summed E-state index contributed by atoms with van der Waals surface area (Å²) in [5.74, 6) is 0.639. The van der Waals surface area contributed by atoms with Crippen molar-refractivity contribution in [1.82, 2.24) is 19.7 Å². The van der Waals surface area contributed by atoms with Gasteiger partial charge in [-0.2, -0.15) is 10.4 Å². The van der Waals surface area contributed by atoms with E-state index >= 15 is 0 Å². The highest BCUT2D eigenvalue weighted by Gasteiger charge is 2.15. The van der Waals surface area contributed by atoms with Crippen LogP contribution in [0.3, 0.4) is 0 Å². The summed E-state index contributed by atoms with van der Waals surface area (Å²) >= 11 is 0. The zero-order chi connectivity index (χ0) is 16.1. The highest BCUT2D eigenvalue weighted by atomic mass is 16.2. The van der Waals surface area contributed by atoms with Crippen LogP contribution in [0.25, 0.3) is 11.4 Å². The van der Waals surface area contributed by atoms with Gasteiger partial charge in [-0.05, 0) is 31.2 Å². The van der Waals surface area contributed by atoms with Gasteiger partial charge in [0.05, 0.1) is 12.5 Å².